The van der Waals surface area contributed by atoms with Gasteiger partial charge in [0.05, 0.1) is 0 Å². The minimum atomic E-state index is -1.04. The summed E-state index contributed by atoms with van der Waals surface area (Å²) in [6.45, 7) is 2.40. The van der Waals surface area contributed by atoms with Crippen molar-refractivity contribution in [2.75, 3.05) is 6.54 Å². The first-order chi connectivity index (χ1) is 7.65. The maximum Gasteiger partial charge on any atom is 1.00 e. The molecule has 0 atom stereocenters. The fourth-order valence-corrected chi connectivity index (χ4v) is 1.59. The molecule has 88 valence electrons. The number of amides is 1. The molecule has 0 aromatic heterocycles. The fourth-order valence-electron chi connectivity index (χ4n) is 1.59. The van der Waals surface area contributed by atoms with Gasteiger partial charge in [0.15, 0.2) is 0 Å². The Kier molecular flexibility index (Phi) is 8.21. The van der Waals surface area contributed by atoms with Crippen molar-refractivity contribution in [2.45, 2.75) is 19.8 Å². The van der Waals surface area contributed by atoms with Gasteiger partial charge in [-0.15, -0.1) is 0 Å². The zero-order chi connectivity index (χ0) is 12.0. The Morgan fingerprint density at radius 2 is 1.94 bits per heavy atom. The van der Waals surface area contributed by atoms with E-state index in [2.05, 4.69) is 5.32 Å². The summed E-state index contributed by atoms with van der Waals surface area (Å²) in [7, 11) is 0. The minimum Gasteiger partial charge on any atom is -0.550 e. The van der Waals surface area contributed by atoms with Crippen LogP contribution in [0.2, 0.25) is 0 Å². The number of hydrogen-bond acceptors (Lipinski definition) is 3. The number of carbonyl (C=O) groups excluding carboxylic acids is 2. The number of carboxylic acids is 1. The Balaban J connectivity index is 0.00000256. The van der Waals surface area contributed by atoms with Gasteiger partial charge in [0.1, 0.15) is 0 Å². The van der Waals surface area contributed by atoms with Gasteiger partial charge in [0.25, 0.3) is 0 Å². The molecule has 0 bridgehead atoms. The average Bonchev–Trinajstić information content (AvgIpc) is 2.14. The molecule has 17 heavy (non-hydrogen) atoms. The summed E-state index contributed by atoms with van der Waals surface area (Å²) < 4.78 is 0. The van der Waals surface area contributed by atoms with Crippen molar-refractivity contribution < 1.29 is 44.3 Å². The normalized spacial score (nSPS) is 23.1. The molecule has 1 amide bonds. The molecule has 0 spiro atoms. The van der Waals surface area contributed by atoms with E-state index in [0.29, 0.717) is 19.4 Å². The summed E-state index contributed by atoms with van der Waals surface area (Å²) in [4.78, 5) is 21.9. The molecule has 1 aliphatic carbocycles. The van der Waals surface area contributed by atoms with E-state index in [-0.39, 0.29) is 41.4 Å². The molecular formula is C12H16NNaO3. The molecular weight excluding hydrogens is 229 g/mol. The molecule has 0 radical (unpaired) electrons. The number of aliphatic carboxylic acids is 1. The van der Waals surface area contributed by atoms with Crippen LogP contribution < -0.4 is 40.0 Å². The summed E-state index contributed by atoms with van der Waals surface area (Å²) in [6, 6.07) is 0. The van der Waals surface area contributed by atoms with Crippen LogP contribution in [0, 0.1) is 11.8 Å². The monoisotopic (exact) mass is 245 g/mol. The molecule has 0 aromatic carbocycles. The molecule has 1 fully saturated rings. The largest absolute Gasteiger partial charge is 1.00 e. The third kappa shape index (κ3) is 5.52. The predicted molar refractivity (Wildman–Crippen MR) is 58.2 cm³/mol. The van der Waals surface area contributed by atoms with Gasteiger partial charge in [0, 0.05) is 24.3 Å². The molecule has 1 saturated carbocycles. The summed E-state index contributed by atoms with van der Waals surface area (Å²) in [5.41, 5.74) is 0. The number of carbonyl (C=O) groups is 2. The second-order valence-electron chi connectivity index (χ2n) is 3.88. The van der Waals surface area contributed by atoms with E-state index in [9.17, 15) is 14.7 Å². The van der Waals surface area contributed by atoms with E-state index in [1.807, 2.05) is 31.2 Å². The number of carboxylic acid groups (broad SMARTS) is 1. The van der Waals surface area contributed by atoms with Gasteiger partial charge in [-0.2, -0.15) is 0 Å². The quantitative estimate of drug-likeness (QED) is 0.415. The third-order valence-electron chi connectivity index (χ3n) is 2.68. The summed E-state index contributed by atoms with van der Waals surface area (Å²) in [6.07, 6.45) is 8.29. The molecule has 1 aliphatic rings. The Labute approximate surface area is 123 Å². The molecule has 1 rings (SSSR count). The minimum absolute atomic E-state index is 0. The number of nitrogens with one attached hydrogen (secondary N) is 1. The first-order valence-electron chi connectivity index (χ1n) is 5.41. The van der Waals surface area contributed by atoms with Crippen LogP contribution in [0.25, 0.3) is 0 Å². The number of rotatable bonds is 5. The number of allylic oxidation sites excluding steroid dienone is 3. The maximum absolute atomic E-state index is 11.4. The van der Waals surface area contributed by atoms with Gasteiger partial charge in [-0.1, -0.05) is 24.3 Å². The molecule has 0 saturated heterocycles. The van der Waals surface area contributed by atoms with Crippen molar-refractivity contribution in [3.63, 3.8) is 0 Å². The topological polar surface area (TPSA) is 69.2 Å². The van der Waals surface area contributed by atoms with Gasteiger partial charge in [-0.25, -0.2) is 0 Å². The van der Waals surface area contributed by atoms with Gasteiger partial charge in [0.2, 0.25) is 5.91 Å². The van der Waals surface area contributed by atoms with Crippen molar-refractivity contribution in [3.8, 4) is 0 Å². The van der Waals surface area contributed by atoms with E-state index >= 15 is 0 Å². The molecule has 0 aromatic rings. The van der Waals surface area contributed by atoms with Crippen LogP contribution in [0.15, 0.2) is 24.3 Å². The Morgan fingerprint density at radius 3 is 2.47 bits per heavy atom. The molecule has 0 unspecified atom stereocenters. The van der Waals surface area contributed by atoms with Crippen molar-refractivity contribution >= 4 is 11.9 Å². The standard InChI is InChI=1S/C12H17NO3.Na/c1-2-3-4-5-6-13-11(14)9-7-10(8-9)12(15)16;/h2-5,9-10H,6-8H2,1H3,(H,13,14)(H,15,16);/q;+1/p-1/b3-2+,5-4+;. The van der Waals surface area contributed by atoms with Gasteiger partial charge >= 0.3 is 29.6 Å². The Bertz CT molecular complexity index is 320. The van der Waals surface area contributed by atoms with Gasteiger partial charge < -0.3 is 15.2 Å². The van der Waals surface area contributed by atoms with E-state index in [4.69, 9.17) is 0 Å². The smallest absolute Gasteiger partial charge is 0.550 e. The van der Waals surface area contributed by atoms with Crippen molar-refractivity contribution in [1.82, 2.24) is 5.32 Å². The number of hydrogen-bond donors (Lipinski definition) is 1. The Hall–Kier alpha value is -0.580. The van der Waals surface area contributed by atoms with Crippen molar-refractivity contribution in [2.24, 2.45) is 11.8 Å². The summed E-state index contributed by atoms with van der Waals surface area (Å²) in [5, 5.41) is 13.2. The summed E-state index contributed by atoms with van der Waals surface area (Å²) >= 11 is 0. The van der Waals surface area contributed by atoms with Crippen molar-refractivity contribution in [1.29, 1.82) is 0 Å². The third-order valence-corrected chi connectivity index (χ3v) is 2.68. The van der Waals surface area contributed by atoms with E-state index in [1.165, 1.54) is 0 Å². The van der Waals surface area contributed by atoms with E-state index in [1.54, 1.807) is 0 Å². The van der Waals surface area contributed by atoms with Crippen molar-refractivity contribution in [3.05, 3.63) is 24.3 Å². The van der Waals surface area contributed by atoms with Crippen LogP contribution in [-0.2, 0) is 9.59 Å². The first-order valence-corrected chi connectivity index (χ1v) is 5.41. The van der Waals surface area contributed by atoms with Crippen LogP contribution in [0.1, 0.15) is 19.8 Å². The zero-order valence-corrected chi connectivity index (χ0v) is 12.3. The van der Waals surface area contributed by atoms with Crippen LogP contribution in [0.3, 0.4) is 0 Å². The fraction of sp³-hybridized carbons (Fsp3) is 0.500. The maximum atomic E-state index is 11.4. The SMILES string of the molecule is C/C=C/C=C/CNC(=O)C1CC(C(=O)[O-])C1.[Na+]. The predicted octanol–water partition coefficient (Wildman–Crippen LogP) is -2.98. The molecule has 0 heterocycles. The molecule has 5 heteroatoms. The molecule has 0 aliphatic heterocycles. The van der Waals surface area contributed by atoms with E-state index < -0.39 is 11.9 Å². The Morgan fingerprint density at radius 1 is 1.29 bits per heavy atom. The second-order valence-corrected chi connectivity index (χ2v) is 3.88. The van der Waals surface area contributed by atoms with Gasteiger partial charge in [-0.05, 0) is 19.8 Å². The van der Waals surface area contributed by atoms with Crippen LogP contribution in [0.5, 0.6) is 0 Å². The zero-order valence-electron chi connectivity index (χ0n) is 10.3. The first kappa shape index (κ1) is 16.4. The van der Waals surface area contributed by atoms with Crippen LogP contribution >= 0.6 is 0 Å². The van der Waals surface area contributed by atoms with Gasteiger partial charge in [-0.3, -0.25) is 4.79 Å². The second kappa shape index (κ2) is 8.50. The average molecular weight is 245 g/mol. The van der Waals surface area contributed by atoms with Crippen LogP contribution in [-0.4, -0.2) is 18.4 Å². The van der Waals surface area contributed by atoms with E-state index in [0.717, 1.165) is 0 Å². The molecule has 4 nitrogen and oxygen atoms in total. The molecule has 1 N–H and O–H groups in total. The summed E-state index contributed by atoms with van der Waals surface area (Å²) in [5.74, 6) is -1.70. The van der Waals surface area contributed by atoms with Crippen LogP contribution in [0.4, 0.5) is 0 Å².